The second-order valence-electron chi connectivity index (χ2n) is 8.76. The molecule has 0 unspecified atom stereocenters. The molecule has 0 atom stereocenters. The van der Waals surface area contributed by atoms with E-state index in [-0.39, 0.29) is 22.1 Å². The Bertz CT molecular complexity index is 1170. The molecular weight excluding hydrogens is 456 g/mol. The molecule has 2 aromatic carbocycles. The average Bonchev–Trinajstić information content (AvgIpc) is 3.35. The van der Waals surface area contributed by atoms with E-state index in [4.69, 9.17) is 0 Å². The molecule has 10 heteroatoms. The molecule has 2 fully saturated rings. The fourth-order valence-corrected chi connectivity index (χ4v) is 5.80. The fraction of sp³-hybridized carbons (Fsp3) is 0.417. The van der Waals surface area contributed by atoms with Crippen molar-refractivity contribution in [2.45, 2.75) is 24.7 Å². The molecule has 2 saturated heterocycles. The van der Waals surface area contributed by atoms with Crippen molar-refractivity contribution in [3.05, 3.63) is 53.6 Å². The molecule has 0 radical (unpaired) electrons. The first kappa shape index (κ1) is 24.0. The lowest BCUT2D eigenvalue weighted by Crippen LogP contribution is -2.49. The van der Waals surface area contributed by atoms with Gasteiger partial charge in [-0.2, -0.15) is 0 Å². The molecule has 34 heavy (non-hydrogen) atoms. The maximum atomic E-state index is 12.9. The third-order valence-corrected chi connectivity index (χ3v) is 7.94. The van der Waals surface area contributed by atoms with Crippen molar-refractivity contribution >= 4 is 33.3 Å². The van der Waals surface area contributed by atoms with Crippen LogP contribution in [0, 0.1) is 6.92 Å². The van der Waals surface area contributed by atoms with Gasteiger partial charge in [0.25, 0.3) is 10.0 Å². The van der Waals surface area contributed by atoms with Crippen molar-refractivity contribution in [1.82, 2.24) is 9.80 Å². The van der Waals surface area contributed by atoms with E-state index in [9.17, 15) is 23.1 Å². The Morgan fingerprint density at radius 2 is 1.65 bits per heavy atom. The summed E-state index contributed by atoms with van der Waals surface area (Å²) in [5.74, 6) is -1.04. The van der Waals surface area contributed by atoms with Crippen molar-refractivity contribution in [3.8, 4) is 0 Å². The Balaban J connectivity index is 1.44. The second-order valence-corrected chi connectivity index (χ2v) is 10.4. The summed E-state index contributed by atoms with van der Waals surface area (Å²) in [7, 11) is -3.93. The van der Waals surface area contributed by atoms with Gasteiger partial charge in [0.1, 0.15) is 0 Å². The molecular formula is C24H30N4O5S. The Labute approximate surface area is 200 Å². The monoisotopic (exact) mass is 486 g/mol. The minimum atomic E-state index is -3.93. The summed E-state index contributed by atoms with van der Waals surface area (Å²) in [6, 6.07) is 11.3. The number of sulfonamides is 1. The number of carbonyl (C=O) groups excluding carboxylic acids is 1. The van der Waals surface area contributed by atoms with E-state index in [0.717, 1.165) is 25.9 Å². The summed E-state index contributed by atoms with van der Waals surface area (Å²) < 4.78 is 28.1. The first-order chi connectivity index (χ1) is 16.2. The minimum Gasteiger partial charge on any atom is -0.478 e. The van der Waals surface area contributed by atoms with Crippen LogP contribution in [0.2, 0.25) is 0 Å². The molecule has 0 aromatic heterocycles. The molecule has 0 aliphatic carbocycles. The third-order valence-electron chi connectivity index (χ3n) is 6.42. The first-order valence-corrected chi connectivity index (χ1v) is 12.9. The van der Waals surface area contributed by atoms with Gasteiger partial charge in [0.15, 0.2) is 0 Å². The Hall–Kier alpha value is -3.11. The Morgan fingerprint density at radius 1 is 0.971 bits per heavy atom. The summed E-state index contributed by atoms with van der Waals surface area (Å²) in [6.45, 7) is 6.49. The van der Waals surface area contributed by atoms with E-state index < -0.39 is 16.0 Å². The minimum absolute atomic E-state index is 0.0225. The summed E-state index contributed by atoms with van der Waals surface area (Å²) >= 11 is 0. The quantitative estimate of drug-likeness (QED) is 0.618. The number of carbonyl (C=O) groups is 2. The van der Waals surface area contributed by atoms with Gasteiger partial charge < -0.3 is 14.9 Å². The predicted molar refractivity (Wildman–Crippen MR) is 130 cm³/mol. The Kier molecular flexibility index (Phi) is 7.08. The number of aromatic carboxylic acids is 1. The number of piperazine rings is 1. The Morgan fingerprint density at radius 3 is 2.29 bits per heavy atom. The molecule has 2 heterocycles. The molecule has 0 bridgehead atoms. The van der Waals surface area contributed by atoms with Crippen LogP contribution in [-0.4, -0.2) is 81.0 Å². The van der Waals surface area contributed by atoms with Crippen LogP contribution < -0.4 is 9.62 Å². The number of aryl methyl sites for hydroxylation is 1. The van der Waals surface area contributed by atoms with Gasteiger partial charge in [-0.15, -0.1) is 0 Å². The van der Waals surface area contributed by atoms with E-state index in [2.05, 4.69) is 14.5 Å². The van der Waals surface area contributed by atoms with Crippen molar-refractivity contribution < 1.29 is 23.1 Å². The molecule has 0 spiro atoms. The number of anilines is 2. The normalized spacial score (nSPS) is 17.1. The number of carboxylic acid groups (broad SMARTS) is 1. The largest absolute Gasteiger partial charge is 0.478 e. The van der Waals surface area contributed by atoms with Crippen LogP contribution in [0.5, 0.6) is 0 Å². The number of rotatable bonds is 7. The van der Waals surface area contributed by atoms with E-state index >= 15 is 0 Å². The van der Waals surface area contributed by atoms with Gasteiger partial charge in [0, 0.05) is 45.0 Å². The number of hydrogen-bond acceptors (Lipinski definition) is 6. The topological polar surface area (TPSA) is 110 Å². The van der Waals surface area contributed by atoms with E-state index in [1.807, 2.05) is 4.90 Å². The van der Waals surface area contributed by atoms with Gasteiger partial charge in [0.05, 0.1) is 22.7 Å². The number of likely N-dealkylation sites (tertiary alicyclic amines) is 1. The van der Waals surface area contributed by atoms with Crippen molar-refractivity contribution in [2.24, 2.45) is 0 Å². The maximum Gasteiger partial charge on any atom is 0.337 e. The zero-order valence-electron chi connectivity index (χ0n) is 19.2. The number of benzene rings is 2. The van der Waals surface area contributed by atoms with Gasteiger partial charge in [-0.25, -0.2) is 13.2 Å². The van der Waals surface area contributed by atoms with Crippen LogP contribution >= 0.6 is 0 Å². The summed E-state index contributed by atoms with van der Waals surface area (Å²) in [5.41, 5.74) is 1.20. The van der Waals surface area contributed by atoms with Crippen LogP contribution in [0.3, 0.4) is 0 Å². The number of nitrogens with one attached hydrogen (secondary N) is 1. The molecule has 2 aliphatic heterocycles. The van der Waals surface area contributed by atoms with E-state index in [1.165, 1.54) is 18.2 Å². The standard InChI is InChI=1S/C24H30N4O5S/c1-18-6-2-3-7-22(18)34(32,33)25-21-9-8-19(16-20(21)24(30)31)27-14-12-26(13-15-27)17-23(29)28-10-4-5-11-28/h2-3,6-9,16,25H,4-5,10-15,17H2,1H3,(H,30,31). The zero-order chi connectivity index (χ0) is 24.3. The molecule has 2 N–H and O–H groups in total. The fourth-order valence-electron chi connectivity index (χ4n) is 4.47. The second kappa shape index (κ2) is 10.0. The lowest BCUT2D eigenvalue weighted by atomic mass is 10.1. The van der Waals surface area contributed by atoms with Gasteiger partial charge in [-0.3, -0.25) is 14.4 Å². The van der Waals surface area contributed by atoms with Crippen LogP contribution in [0.15, 0.2) is 47.4 Å². The van der Waals surface area contributed by atoms with Gasteiger partial charge >= 0.3 is 5.97 Å². The SMILES string of the molecule is Cc1ccccc1S(=O)(=O)Nc1ccc(N2CCN(CC(=O)N3CCCC3)CC2)cc1C(=O)O. The molecule has 2 aliphatic rings. The smallest absolute Gasteiger partial charge is 0.337 e. The van der Waals surface area contributed by atoms with Gasteiger partial charge in [-0.05, 0) is 49.6 Å². The molecule has 1 amide bonds. The van der Waals surface area contributed by atoms with Gasteiger partial charge in [-0.1, -0.05) is 18.2 Å². The third kappa shape index (κ3) is 5.34. The van der Waals surface area contributed by atoms with E-state index in [1.54, 1.807) is 31.2 Å². The average molecular weight is 487 g/mol. The van der Waals surface area contributed by atoms with Crippen molar-refractivity contribution in [1.29, 1.82) is 0 Å². The molecule has 4 rings (SSSR count). The zero-order valence-corrected chi connectivity index (χ0v) is 20.1. The van der Waals surface area contributed by atoms with Crippen molar-refractivity contribution in [2.75, 3.05) is 55.4 Å². The molecule has 0 saturated carbocycles. The van der Waals surface area contributed by atoms with Crippen LogP contribution in [0.4, 0.5) is 11.4 Å². The molecule has 2 aromatic rings. The lowest BCUT2D eigenvalue weighted by Gasteiger charge is -2.36. The summed E-state index contributed by atoms with van der Waals surface area (Å²) in [5, 5.41) is 9.75. The lowest BCUT2D eigenvalue weighted by molar-refractivity contribution is -0.131. The van der Waals surface area contributed by atoms with Crippen molar-refractivity contribution in [3.63, 3.8) is 0 Å². The summed E-state index contributed by atoms with van der Waals surface area (Å²) in [4.78, 5) is 30.6. The van der Waals surface area contributed by atoms with Crippen LogP contribution in [0.1, 0.15) is 28.8 Å². The van der Waals surface area contributed by atoms with Crippen LogP contribution in [-0.2, 0) is 14.8 Å². The first-order valence-electron chi connectivity index (χ1n) is 11.5. The number of hydrogen-bond donors (Lipinski definition) is 2. The molecule has 182 valence electrons. The predicted octanol–water partition coefficient (Wildman–Crippen LogP) is 2.24. The molecule has 9 nitrogen and oxygen atoms in total. The highest BCUT2D eigenvalue weighted by Gasteiger charge is 2.25. The highest BCUT2D eigenvalue weighted by molar-refractivity contribution is 7.92. The van der Waals surface area contributed by atoms with E-state index in [0.29, 0.717) is 44.0 Å². The van der Waals surface area contributed by atoms with Gasteiger partial charge in [0.2, 0.25) is 5.91 Å². The van der Waals surface area contributed by atoms with Crippen LogP contribution in [0.25, 0.3) is 0 Å². The highest BCUT2D eigenvalue weighted by atomic mass is 32.2. The maximum absolute atomic E-state index is 12.9. The highest BCUT2D eigenvalue weighted by Crippen LogP contribution is 2.27. The number of amides is 1. The number of nitrogens with zero attached hydrogens (tertiary/aromatic N) is 3. The number of carboxylic acids is 1. The summed E-state index contributed by atoms with van der Waals surface area (Å²) in [6.07, 6.45) is 2.14.